The summed E-state index contributed by atoms with van der Waals surface area (Å²) in [6.07, 6.45) is -1.61. The molecule has 3 rings (SSSR count). The minimum atomic E-state index is -2.55. The average Bonchev–Trinajstić information content (AvgIpc) is 2.81. The number of aryl methyl sites for hydroxylation is 3. The molecular weight excluding hydrogens is 284 g/mol. The van der Waals surface area contributed by atoms with Crippen molar-refractivity contribution in [2.75, 3.05) is 0 Å². The van der Waals surface area contributed by atoms with Crippen molar-refractivity contribution in [2.24, 2.45) is 7.05 Å². The molecule has 0 aliphatic heterocycles. The summed E-state index contributed by atoms with van der Waals surface area (Å²) in [7, 11) is 1.72. The molecule has 0 N–H and O–H groups in total. The molecule has 1 aromatic carbocycles. The molecule has 22 heavy (non-hydrogen) atoms. The van der Waals surface area contributed by atoms with Gasteiger partial charge >= 0.3 is 0 Å². The van der Waals surface area contributed by atoms with Crippen LogP contribution in [0.3, 0.4) is 0 Å². The van der Waals surface area contributed by atoms with E-state index in [0.29, 0.717) is 22.4 Å². The van der Waals surface area contributed by atoms with Gasteiger partial charge in [0.1, 0.15) is 0 Å². The van der Waals surface area contributed by atoms with E-state index in [1.54, 1.807) is 18.7 Å². The highest BCUT2D eigenvalue weighted by Gasteiger charge is 2.19. The first-order valence-corrected chi connectivity index (χ1v) is 7.23. The van der Waals surface area contributed by atoms with E-state index in [4.69, 9.17) is 0 Å². The van der Waals surface area contributed by atoms with Crippen molar-refractivity contribution in [3.8, 4) is 11.3 Å². The van der Waals surface area contributed by atoms with Crippen molar-refractivity contribution < 1.29 is 8.78 Å². The maximum atomic E-state index is 13.4. The van der Waals surface area contributed by atoms with E-state index in [-0.39, 0.29) is 5.56 Å². The molecule has 0 atom stereocenters. The van der Waals surface area contributed by atoms with E-state index < -0.39 is 6.43 Å². The molecule has 0 saturated heterocycles. The molecule has 0 fully saturated rings. The maximum absolute atomic E-state index is 13.4. The van der Waals surface area contributed by atoms with Crippen LogP contribution in [0.4, 0.5) is 8.78 Å². The third-order valence-corrected chi connectivity index (χ3v) is 3.89. The van der Waals surface area contributed by atoms with Gasteiger partial charge in [-0.05, 0) is 25.0 Å². The fourth-order valence-corrected chi connectivity index (χ4v) is 2.71. The average molecular weight is 301 g/mol. The summed E-state index contributed by atoms with van der Waals surface area (Å²) >= 11 is 0. The fourth-order valence-electron chi connectivity index (χ4n) is 2.71. The topological polar surface area (TPSA) is 30.7 Å². The van der Waals surface area contributed by atoms with Crippen LogP contribution in [-0.4, -0.2) is 14.8 Å². The summed E-state index contributed by atoms with van der Waals surface area (Å²) in [6.45, 7) is 3.80. The lowest BCUT2D eigenvalue weighted by atomic mass is 10.0. The first kappa shape index (κ1) is 14.6. The fraction of sp³-hybridized carbons (Fsp3) is 0.294. The standard InChI is InChI=1S/C17H17F2N3/c1-4-11-5-7-12(8-6-11)14-9-13(16(18)19)15-10(2)21-22(3)17(15)20-14/h5-9,16H,4H2,1-3H3. The Kier molecular flexibility index (Phi) is 3.64. The number of halogens is 2. The summed E-state index contributed by atoms with van der Waals surface area (Å²) in [6, 6.07) is 9.31. The Hall–Kier alpha value is -2.30. The Morgan fingerprint density at radius 2 is 1.86 bits per heavy atom. The number of hydrogen-bond acceptors (Lipinski definition) is 2. The van der Waals surface area contributed by atoms with Crippen molar-refractivity contribution in [1.29, 1.82) is 0 Å². The molecule has 0 aliphatic carbocycles. The van der Waals surface area contributed by atoms with Crippen molar-refractivity contribution in [3.05, 3.63) is 47.2 Å². The second-order valence-corrected chi connectivity index (χ2v) is 5.36. The van der Waals surface area contributed by atoms with E-state index in [9.17, 15) is 8.78 Å². The molecule has 3 nitrogen and oxygen atoms in total. The minimum Gasteiger partial charge on any atom is -0.250 e. The lowest BCUT2D eigenvalue weighted by Gasteiger charge is -2.08. The predicted octanol–water partition coefficient (Wildman–Crippen LogP) is 4.44. The van der Waals surface area contributed by atoms with Gasteiger partial charge in [-0.2, -0.15) is 5.10 Å². The van der Waals surface area contributed by atoms with Gasteiger partial charge in [0.15, 0.2) is 5.65 Å². The van der Waals surface area contributed by atoms with Gasteiger partial charge in [0.05, 0.1) is 16.8 Å². The number of fused-ring (bicyclic) bond motifs is 1. The van der Waals surface area contributed by atoms with Crippen molar-refractivity contribution in [1.82, 2.24) is 14.8 Å². The van der Waals surface area contributed by atoms with Gasteiger partial charge < -0.3 is 0 Å². The molecule has 0 radical (unpaired) electrons. The van der Waals surface area contributed by atoms with Crippen LogP contribution in [0.15, 0.2) is 30.3 Å². The predicted molar refractivity (Wildman–Crippen MR) is 83.0 cm³/mol. The molecular formula is C17H17F2N3. The molecule has 0 bridgehead atoms. The Morgan fingerprint density at radius 1 is 1.18 bits per heavy atom. The summed E-state index contributed by atoms with van der Waals surface area (Å²) in [4.78, 5) is 4.53. The number of hydrogen-bond donors (Lipinski definition) is 0. The van der Waals surface area contributed by atoms with Gasteiger partial charge in [-0.15, -0.1) is 0 Å². The molecule has 0 saturated carbocycles. The van der Waals surface area contributed by atoms with Crippen LogP contribution < -0.4 is 0 Å². The van der Waals surface area contributed by atoms with Crippen molar-refractivity contribution in [3.63, 3.8) is 0 Å². The highest BCUT2D eigenvalue weighted by atomic mass is 19.3. The highest BCUT2D eigenvalue weighted by Crippen LogP contribution is 2.32. The lowest BCUT2D eigenvalue weighted by Crippen LogP contribution is -1.96. The first-order valence-electron chi connectivity index (χ1n) is 7.23. The summed E-state index contributed by atoms with van der Waals surface area (Å²) in [5.41, 5.74) is 3.65. The Bertz CT molecular complexity index is 820. The zero-order valence-electron chi connectivity index (χ0n) is 12.8. The number of nitrogens with zero attached hydrogens (tertiary/aromatic N) is 3. The number of alkyl halides is 2. The molecule has 114 valence electrons. The van der Waals surface area contributed by atoms with Gasteiger partial charge in [-0.3, -0.25) is 4.68 Å². The van der Waals surface area contributed by atoms with Crippen LogP contribution in [-0.2, 0) is 13.5 Å². The van der Waals surface area contributed by atoms with Crippen LogP contribution in [0.25, 0.3) is 22.3 Å². The molecule has 2 heterocycles. The molecule has 0 aliphatic rings. The van der Waals surface area contributed by atoms with E-state index in [0.717, 1.165) is 12.0 Å². The minimum absolute atomic E-state index is 0.00910. The zero-order valence-corrected chi connectivity index (χ0v) is 12.8. The molecule has 5 heteroatoms. The Morgan fingerprint density at radius 3 is 2.45 bits per heavy atom. The largest absolute Gasteiger partial charge is 0.264 e. The number of pyridine rings is 1. The highest BCUT2D eigenvalue weighted by molar-refractivity contribution is 5.85. The molecule has 3 aromatic rings. The van der Waals surface area contributed by atoms with Crippen molar-refractivity contribution in [2.45, 2.75) is 26.7 Å². The number of rotatable bonds is 3. The van der Waals surface area contributed by atoms with Crippen LogP contribution in [0.5, 0.6) is 0 Å². The Balaban J connectivity index is 2.23. The van der Waals surface area contributed by atoms with Crippen LogP contribution in [0.1, 0.15) is 30.2 Å². The van der Waals surface area contributed by atoms with Crippen LogP contribution >= 0.6 is 0 Å². The normalized spacial score (nSPS) is 11.5. The Labute approximate surface area is 127 Å². The van der Waals surface area contributed by atoms with Gasteiger partial charge in [-0.1, -0.05) is 31.2 Å². The summed E-state index contributed by atoms with van der Waals surface area (Å²) < 4.78 is 28.4. The smallest absolute Gasteiger partial charge is 0.250 e. The molecule has 0 spiro atoms. The zero-order chi connectivity index (χ0) is 15.9. The number of benzene rings is 1. The molecule has 0 amide bonds. The van der Waals surface area contributed by atoms with Gasteiger partial charge in [0, 0.05) is 18.2 Å². The van der Waals surface area contributed by atoms with Gasteiger partial charge in [0.25, 0.3) is 6.43 Å². The monoisotopic (exact) mass is 301 g/mol. The second-order valence-electron chi connectivity index (χ2n) is 5.36. The first-order chi connectivity index (χ1) is 10.5. The van der Waals surface area contributed by atoms with Crippen molar-refractivity contribution >= 4 is 11.0 Å². The van der Waals surface area contributed by atoms with E-state index in [1.165, 1.54) is 11.6 Å². The third-order valence-electron chi connectivity index (χ3n) is 3.89. The van der Waals surface area contributed by atoms with Crippen LogP contribution in [0.2, 0.25) is 0 Å². The van der Waals surface area contributed by atoms with Gasteiger partial charge in [-0.25, -0.2) is 13.8 Å². The van der Waals surface area contributed by atoms with Crippen LogP contribution in [0, 0.1) is 6.92 Å². The molecule has 2 aromatic heterocycles. The third kappa shape index (κ3) is 2.36. The van der Waals surface area contributed by atoms with Gasteiger partial charge in [0.2, 0.25) is 0 Å². The quantitative estimate of drug-likeness (QED) is 0.716. The summed E-state index contributed by atoms with van der Waals surface area (Å²) in [5.74, 6) is 0. The second kappa shape index (κ2) is 5.48. The maximum Gasteiger partial charge on any atom is 0.264 e. The lowest BCUT2D eigenvalue weighted by molar-refractivity contribution is 0.153. The van der Waals surface area contributed by atoms with E-state index in [1.807, 2.05) is 24.3 Å². The molecule has 0 unspecified atom stereocenters. The SMILES string of the molecule is CCc1ccc(-c2cc(C(F)F)c3c(C)nn(C)c3n2)cc1. The summed E-state index contributed by atoms with van der Waals surface area (Å²) in [5, 5.41) is 4.67. The number of aromatic nitrogens is 3. The van der Waals surface area contributed by atoms with E-state index >= 15 is 0 Å². The van der Waals surface area contributed by atoms with E-state index in [2.05, 4.69) is 17.0 Å².